The zero-order chi connectivity index (χ0) is 39.5. The summed E-state index contributed by atoms with van der Waals surface area (Å²) < 4.78 is 5.33. The number of rotatable bonds is 32. The summed E-state index contributed by atoms with van der Waals surface area (Å²) in [5.74, 6) is 1.02. The van der Waals surface area contributed by atoms with E-state index in [1.165, 1.54) is 116 Å². The molecular weight excluding hydrogens is 680 g/mol. The van der Waals surface area contributed by atoms with Crippen LogP contribution in [0.3, 0.4) is 0 Å². The maximum atomic E-state index is 11.9. The number of hydrogen-bond donors (Lipinski definition) is 1. The van der Waals surface area contributed by atoms with E-state index in [0.717, 1.165) is 64.6 Å². The molecule has 0 aromatic rings. The van der Waals surface area contributed by atoms with E-state index in [9.17, 15) is 14.4 Å². The Bertz CT molecular complexity index is 940. The molecule has 308 valence electrons. The largest absolute Gasteiger partial charge is 0.381 e. The molecule has 7 heteroatoms. The summed E-state index contributed by atoms with van der Waals surface area (Å²) in [4.78, 5) is 34.4. The van der Waals surface area contributed by atoms with Crippen molar-refractivity contribution in [2.75, 3.05) is 33.4 Å². The average molecular weight is 764 g/mol. The minimum atomic E-state index is -0.198. The van der Waals surface area contributed by atoms with Gasteiger partial charge in [0.25, 0.3) is 0 Å². The second-order valence-electron chi connectivity index (χ2n) is 14.5. The SMILES string of the molecule is CC(=O)N(C)CCN.CCCCC/C=C\C/C=C\CCCCCCCC(=O)C[C@@H]1CCOC1.CCCCC/C=C\C/C=C\CCCCCCCC(=O)Cl. The predicted octanol–water partition coefficient (Wildman–Crippen LogP) is 12.8. The molecule has 1 fully saturated rings. The summed E-state index contributed by atoms with van der Waals surface area (Å²) in [7, 11) is 1.73. The molecule has 0 saturated carbocycles. The minimum Gasteiger partial charge on any atom is -0.381 e. The number of Topliss-reactive ketones (excluding diaryl/α,β-unsaturated/α-hetero) is 1. The highest BCUT2D eigenvalue weighted by atomic mass is 35.5. The maximum absolute atomic E-state index is 11.9. The van der Waals surface area contributed by atoms with Crippen molar-refractivity contribution < 1.29 is 19.1 Å². The molecule has 0 unspecified atom stereocenters. The Balaban J connectivity index is 0. The first-order valence-electron chi connectivity index (χ1n) is 21.6. The first-order chi connectivity index (χ1) is 25.8. The summed E-state index contributed by atoms with van der Waals surface area (Å²) in [6, 6.07) is 0. The number of ketones is 1. The summed E-state index contributed by atoms with van der Waals surface area (Å²) in [5, 5.41) is -0.198. The fraction of sp³-hybridized carbons (Fsp3) is 0.761. The van der Waals surface area contributed by atoms with Gasteiger partial charge >= 0.3 is 0 Å². The number of ether oxygens (including phenoxy) is 1. The average Bonchev–Trinajstić information content (AvgIpc) is 3.65. The van der Waals surface area contributed by atoms with Crippen LogP contribution in [0, 0.1) is 5.92 Å². The van der Waals surface area contributed by atoms with E-state index in [-0.39, 0.29) is 11.1 Å². The minimum absolute atomic E-state index is 0.0652. The number of hydrogen-bond acceptors (Lipinski definition) is 5. The van der Waals surface area contributed by atoms with Gasteiger partial charge in [-0.15, -0.1) is 0 Å². The molecule has 0 aliphatic carbocycles. The molecule has 0 bridgehead atoms. The summed E-state index contributed by atoms with van der Waals surface area (Å²) >= 11 is 5.28. The third kappa shape index (κ3) is 46.1. The van der Waals surface area contributed by atoms with Crippen LogP contribution in [0.1, 0.15) is 188 Å². The lowest BCUT2D eigenvalue weighted by Gasteiger charge is -2.11. The molecule has 53 heavy (non-hydrogen) atoms. The number of carbonyl (C=O) groups excluding carboxylic acids is 3. The Hall–Kier alpha value is -2.02. The quantitative estimate of drug-likeness (QED) is 0.0419. The standard InChI is InChI=1S/C23H40O2.C18H31ClO.C5H12N2O/c1-2-3-4-5-6-7-8-9-10-11-12-13-14-15-16-17-23(24)20-22-18-19-25-21-22;1-2-3-4-5-6-7-8-9-10-11-12-13-14-15-16-17-18(19)20;1-5(8)7(2)4-3-6/h6-7,9-10,22H,2-5,8,11-21H2,1H3;6-7,9-10H,2-5,8,11-17H2,1H3;3-4,6H2,1-2H3/b2*7-6-,10-9-;/t22-;;/m0../s1. The lowest BCUT2D eigenvalue weighted by molar-refractivity contribution is -0.127. The molecule has 1 aliphatic rings. The number of nitrogens with two attached hydrogens (primary N) is 1. The molecule has 1 atom stereocenters. The van der Waals surface area contributed by atoms with Gasteiger partial charge in [-0.25, -0.2) is 0 Å². The molecule has 0 aromatic heterocycles. The van der Waals surface area contributed by atoms with Crippen molar-refractivity contribution in [3.05, 3.63) is 48.6 Å². The molecule has 0 spiro atoms. The Morgan fingerprint density at radius 1 is 0.660 bits per heavy atom. The van der Waals surface area contributed by atoms with Crippen LogP contribution in [0.4, 0.5) is 0 Å². The lowest BCUT2D eigenvalue weighted by Crippen LogP contribution is -2.29. The lowest BCUT2D eigenvalue weighted by atomic mass is 9.98. The number of carbonyl (C=O) groups is 3. The number of halogens is 1. The van der Waals surface area contributed by atoms with E-state index >= 15 is 0 Å². The van der Waals surface area contributed by atoms with Crippen LogP contribution in [-0.2, 0) is 19.1 Å². The van der Waals surface area contributed by atoms with Gasteiger partial charge in [0, 0.05) is 59.5 Å². The second kappa shape index (κ2) is 44.4. The van der Waals surface area contributed by atoms with Crippen LogP contribution in [0.5, 0.6) is 0 Å². The van der Waals surface area contributed by atoms with Gasteiger partial charge < -0.3 is 15.4 Å². The van der Waals surface area contributed by atoms with Crippen molar-refractivity contribution in [1.29, 1.82) is 0 Å². The van der Waals surface area contributed by atoms with Crippen molar-refractivity contribution in [2.24, 2.45) is 11.7 Å². The number of likely N-dealkylation sites (N-methyl/N-ethyl adjacent to an activating group) is 1. The van der Waals surface area contributed by atoms with Crippen molar-refractivity contribution >= 4 is 28.5 Å². The first kappa shape index (κ1) is 53.1. The second-order valence-corrected chi connectivity index (χ2v) is 14.9. The fourth-order valence-corrected chi connectivity index (χ4v) is 5.86. The highest BCUT2D eigenvalue weighted by molar-refractivity contribution is 6.63. The fourth-order valence-electron chi connectivity index (χ4n) is 5.73. The molecule has 1 amide bonds. The number of allylic oxidation sites excluding steroid dienone is 8. The highest BCUT2D eigenvalue weighted by Gasteiger charge is 2.18. The van der Waals surface area contributed by atoms with Crippen LogP contribution in [0.15, 0.2) is 48.6 Å². The van der Waals surface area contributed by atoms with Gasteiger partial charge in [-0.05, 0) is 101 Å². The zero-order valence-electron chi connectivity index (χ0n) is 34.9. The molecule has 1 aliphatic heterocycles. The Labute approximate surface area is 332 Å². The molecule has 6 nitrogen and oxygen atoms in total. The molecule has 1 rings (SSSR count). The van der Waals surface area contributed by atoms with Crippen molar-refractivity contribution in [3.8, 4) is 0 Å². The normalized spacial score (nSPS) is 14.2. The summed E-state index contributed by atoms with van der Waals surface area (Å²) in [6.45, 7) is 8.85. The van der Waals surface area contributed by atoms with Gasteiger partial charge in [0.05, 0.1) is 0 Å². The number of amides is 1. The van der Waals surface area contributed by atoms with Crippen LogP contribution in [0.25, 0.3) is 0 Å². The van der Waals surface area contributed by atoms with E-state index in [1.807, 2.05) is 0 Å². The van der Waals surface area contributed by atoms with Gasteiger partial charge in [-0.3, -0.25) is 14.4 Å². The first-order valence-corrected chi connectivity index (χ1v) is 22.0. The van der Waals surface area contributed by atoms with E-state index in [2.05, 4.69) is 62.5 Å². The Morgan fingerprint density at radius 3 is 1.47 bits per heavy atom. The van der Waals surface area contributed by atoms with Gasteiger partial charge in [0.2, 0.25) is 11.1 Å². The number of nitrogens with zero attached hydrogens (tertiary/aromatic N) is 1. The molecule has 0 aromatic carbocycles. The van der Waals surface area contributed by atoms with Gasteiger partial charge in [-0.2, -0.15) is 0 Å². The Kier molecular flexibility index (Phi) is 44.4. The maximum Gasteiger partial charge on any atom is 0.221 e. The third-order valence-electron chi connectivity index (χ3n) is 9.27. The van der Waals surface area contributed by atoms with Gasteiger partial charge in [0.15, 0.2) is 0 Å². The van der Waals surface area contributed by atoms with E-state index < -0.39 is 0 Å². The topological polar surface area (TPSA) is 89.7 Å². The van der Waals surface area contributed by atoms with Crippen molar-refractivity contribution in [3.63, 3.8) is 0 Å². The van der Waals surface area contributed by atoms with E-state index in [4.69, 9.17) is 22.1 Å². The van der Waals surface area contributed by atoms with Crippen LogP contribution in [0.2, 0.25) is 0 Å². The predicted molar refractivity (Wildman–Crippen MR) is 230 cm³/mol. The zero-order valence-corrected chi connectivity index (χ0v) is 35.7. The van der Waals surface area contributed by atoms with Gasteiger partial charge in [0.1, 0.15) is 5.78 Å². The van der Waals surface area contributed by atoms with E-state index in [1.54, 1.807) is 11.9 Å². The molecular formula is C46H83ClN2O4. The molecule has 2 N–H and O–H groups in total. The van der Waals surface area contributed by atoms with E-state index in [0.29, 0.717) is 31.2 Å². The Morgan fingerprint density at radius 2 is 1.09 bits per heavy atom. The van der Waals surface area contributed by atoms with Crippen LogP contribution < -0.4 is 5.73 Å². The molecule has 0 radical (unpaired) electrons. The number of unbranched alkanes of at least 4 members (excludes halogenated alkanes) is 16. The smallest absolute Gasteiger partial charge is 0.221 e. The summed E-state index contributed by atoms with van der Waals surface area (Å²) in [5.41, 5.74) is 5.17. The van der Waals surface area contributed by atoms with Crippen LogP contribution >= 0.6 is 11.6 Å². The third-order valence-corrected chi connectivity index (χ3v) is 9.46. The van der Waals surface area contributed by atoms with Crippen molar-refractivity contribution in [2.45, 2.75) is 188 Å². The highest BCUT2D eigenvalue weighted by Crippen LogP contribution is 2.18. The van der Waals surface area contributed by atoms with Crippen LogP contribution in [-0.4, -0.2) is 55.2 Å². The van der Waals surface area contributed by atoms with Gasteiger partial charge in [-0.1, -0.05) is 127 Å². The summed E-state index contributed by atoms with van der Waals surface area (Å²) in [6.07, 6.45) is 48.4. The van der Waals surface area contributed by atoms with Crippen molar-refractivity contribution in [1.82, 2.24) is 4.90 Å². The molecule has 1 saturated heterocycles. The monoisotopic (exact) mass is 763 g/mol. The molecule has 1 heterocycles.